The van der Waals surface area contributed by atoms with Gasteiger partial charge in [-0.3, -0.25) is 43.7 Å². The second kappa shape index (κ2) is 22.4. The SMILES string of the molecule is C/C=C\[C@H]1C[C@H]2C(=O)NC[C@@H](NC(=O)c3ccc(Cl)n3O)C(=O)N[C@@H]([C@H](C)c3ccccc3)C(=O)N[C@H](C[C@H]3C[C@@H]3[N+](=O)[O-])C(=O)N[C@@H]([C@H](C)c3ccccc3)C(=O)N[C@@H]([C@@H](C)CC)C(=O)N2C1. The molecule has 3 aliphatic rings. The number of allylic oxidation sites excluding steroid dienone is 1. The van der Waals surface area contributed by atoms with Crippen molar-refractivity contribution in [2.45, 2.75) is 114 Å². The first-order valence-corrected chi connectivity index (χ1v) is 23.3. The fourth-order valence-corrected chi connectivity index (χ4v) is 9.15. The highest BCUT2D eigenvalue weighted by Crippen LogP contribution is 2.37. The van der Waals surface area contributed by atoms with Gasteiger partial charge < -0.3 is 42.0 Å². The molecule has 12 atom stereocenters. The highest BCUT2D eigenvalue weighted by atomic mass is 35.5. The first-order chi connectivity index (χ1) is 32.4. The van der Waals surface area contributed by atoms with Gasteiger partial charge >= 0.3 is 0 Å². The molecule has 1 saturated carbocycles. The van der Waals surface area contributed by atoms with Gasteiger partial charge in [0, 0.05) is 42.2 Å². The molecule has 3 fully saturated rings. The van der Waals surface area contributed by atoms with Crippen LogP contribution in [0.5, 0.6) is 0 Å². The van der Waals surface area contributed by atoms with Crippen molar-refractivity contribution in [2.24, 2.45) is 17.8 Å². The number of halogens is 1. The molecule has 0 spiro atoms. The molecule has 7 N–H and O–H groups in total. The van der Waals surface area contributed by atoms with Gasteiger partial charge in [-0.15, -0.1) is 0 Å². The minimum absolute atomic E-state index is 0.111. The van der Waals surface area contributed by atoms with Crippen LogP contribution in [0.4, 0.5) is 0 Å². The monoisotopic (exact) mass is 957 g/mol. The molecule has 68 heavy (non-hydrogen) atoms. The number of aromatic nitrogens is 1. The van der Waals surface area contributed by atoms with Gasteiger partial charge in [0.05, 0.1) is 0 Å². The van der Waals surface area contributed by atoms with E-state index in [0.29, 0.717) is 22.3 Å². The van der Waals surface area contributed by atoms with E-state index in [0.717, 1.165) is 0 Å². The summed E-state index contributed by atoms with van der Waals surface area (Å²) in [5.41, 5.74) is 0.907. The average Bonchev–Trinajstić information content (AvgIpc) is 3.86. The van der Waals surface area contributed by atoms with E-state index in [1.165, 1.54) is 17.0 Å². The largest absolute Gasteiger partial charge is 0.427 e. The van der Waals surface area contributed by atoms with Gasteiger partial charge in [-0.2, -0.15) is 4.73 Å². The maximum absolute atomic E-state index is 14.8. The number of nitro groups is 1. The molecule has 2 aromatic carbocycles. The fraction of sp³-hybridized carbons (Fsp3) is 0.479. The molecule has 6 rings (SSSR count). The van der Waals surface area contributed by atoms with Gasteiger partial charge in [0.15, 0.2) is 0 Å². The third-order valence-corrected chi connectivity index (χ3v) is 13.7. The van der Waals surface area contributed by atoms with Gasteiger partial charge in [0.2, 0.25) is 41.5 Å². The summed E-state index contributed by atoms with van der Waals surface area (Å²) in [5, 5.41) is 38.6. The number of amides is 7. The van der Waals surface area contributed by atoms with E-state index in [4.69, 9.17) is 11.6 Å². The van der Waals surface area contributed by atoms with Crippen molar-refractivity contribution in [3.8, 4) is 0 Å². The topological polar surface area (TPSA) is 263 Å². The molecule has 1 aliphatic carbocycles. The van der Waals surface area contributed by atoms with Crippen molar-refractivity contribution < 1.29 is 43.7 Å². The van der Waals surface area contributed by atoms with Crippen molar-refractivity contribution >= 4 is 53.0 Å². The van der Waals surface area contributed by atoms with E-state index in [1.807, 2.05) is 19.9 Å². The number of fused-ring (bicyclic) bond motifs is 1. The molecule has 2 aliphatic heterocycles. The summed E-state index contributed by atoms with van der Waals surface area (Å²) >= 11 is 6.01. The Labute approximate surface area is 399 Å². The zero-order valence-electron chi connectivity index (χ0n) is 38.6. The molecule has 0 radical (unpaired) electrons. The smallest absolute Gasteiger partial charge is 0.272 e. The van der Waals surface area contributed by atoms with Gasteiger partial charge in [-0.1, -0.05) is 119 Å². The summed E-state index contributed by atoms with van der Waals surface area (Å²) in [6.45, 7) is 8.37. The number of rotatable bonds is 12. The molecular weight excluding hydrogens is 898 g/mol. The summed E-state index contributed by atoms with van der Waals surface area (Å²) in [6, 6.07) is 10.9. The highest BCUT2D eigenvalue weighted by molar-refractivity contribution is 6.30. The van der Waals surface area contributed by atoms with E-state index in [2.05, 4.69) is 31.9 Å². The molecule has 1 aromatic heterocycles. The Balaban J connectivity index is 1.46. The Hall–Kier alpha value is -6.76. The minimum Gasteiger partial charge on any atom is -0.427 e. The fourth-order valence-electron chi connectivity index (χ4n) is 8.99. The molecule has 3 aromatic rings. The zero-order chi connectivity index (χ0) is 49.4. The normalized spacial score (nSPS) is 27.7. The van der Waals surface area contributed by atoms with E-state index in [9.17, 15) is 48.9 Å². The predicted molar refractivity (Wildman–Crippen MR) is 250 cm³/mol. The van der Waals surface area contributed by atoms with Gasteiger partial charge in [0.25, 0.3) is 5.91 Å². The third-order valence-electron chi connectivity index (χ3n) is 13.4. The number of carbonyl (C=O) groups is 7. The number of benzene rings is 2. The predicted octanol–water partition coefficient (Wildman–Crippen LogP) is 3.05. The van der Waals surface area contributed by atoms with Gasteiger partial charge in [0.1, 0.15) is 47.1 Å². The Morgan fingerprint density at radius 2 is 1.40 bits per heavy atom. The lowest BCUT2D eigenvalue weighted by Gasteiger charge is -2.34. The lowest BCUT2D eigenvalue weighted by molar-refractivity contribution is -0.498. The Morgan fingerprint density at radius 3 is 1.93 bits per heavy atom. The molecule has 20 heteroatoms. The van der Waals surface area contributed by atoms with Crippen molar-refractivity contribution in [3.05, 3.63) is 117 Å². The Bertz CT molecular complexity index is 2380. The second-order valence-corrected chi connectivity index (χ2v) is 18.4. The molecule has 19 nitrogen and oxygen atoms in total. The van der Waals surface area contributed by atoms with Crippen LogP contribution < -0.4 is 31.9 Å². The molecule has 2 saturated heterocycles. The molecule has 364 valence electrons. The van der Waals surface area contributed by atoms with Crippen molar-refractivity contribution in [1.82, 2.24) is 41.5 Å². The quantitative estimate of drug-likeness (QED) is 0.0604. The van der Waals surface area contributed by atoms with Crippen LogP contribution in [0.2, 0.25) is 5.15 Å². The van der Waals surface area contributed by atoms with Crippen molar-refractivity contribution in [1.29, 1.82) is 0 Å². The minimum atomic E-state index is -1.61. The molecule has 0 unspecified atom stereocenters. The van der Waals surface area contributed by atoms with Crippen molar-refractivity contribution in [2.75, 3.05) is 13.1 Å². The molecule has 0 bridgehead atoms. The lowest BCUT2D eigenvalue weighted by Crippen LogP contribution is -2.61. The first kappa shape index (κ1) is 50.6. The van der Waals surface area contributed by atoms with Crippen LogP contribution in [0.1, 0.15) is 93.8 Å². The molecule has 3 heterocycles. The maximum Gasteiger partial charge on any atom is 0.272 e. The molecule has 7 amide bonds. The summed E-state index contributed by atoms with van der Waals surface area (Å²) in [5.74, 6) is -8.43. The number of hydrogen-bond donors (Lipinski definition) is 7. The van der Waals surface area contributed by atoms with Crippen LogP contribution in [-0.4, -0.2) is 116 Å². The van der Waals surface area contributed by atoms with Crippen LogP contribution in [0.25, 0.3) is 0 Å². The zero-order valence-corrected chi connectivity index (χ0v) is 39.4. The summed E-state index contributed by atoms with van der Waals surface area (Å²) in [6.07, 6.45) is 4.23. The van der Waals surface area contributed by atoms with Crippen LogP contribution >= 0.6 is 11.6 Å². The third kappa shape index (κ3) is 11.8. The average molecular weight is 959 g/mol. The number of hydrogen-bond acceptors (Lipinski definition) is 10. The lowest BCUT2D eigenvalue weighted by atomic mass is 9.90. The van der Waals surface area contributed by atoms with E-state index in [1.54, 1.807) is 87.5 Å². The van der Waals surface area contributed by atoms with Gasteiger partial charge in [-0.25, -0.2) is 0 Å². The van der Waals surface area contributed by atoms with Crippen LogP contribution in [0.15, 0.2) is 84.9 Å². The van der Waals surface area contributed by atoms with Crippen LogP contribution in [0, 0.1) is 27.9 Å². The molecular formula is C48H60ClN9O10. The summed E-state index contributed by atoms with van der Waals surface area (Å²) < 4.78 is 0.403. The second-order valence-electron chi connectivity index (χ2n) is 18.0. The Morgan fingerprint density at radius 1 is 0.824 bits per heavy atom. The van der Waals surface area contributed by atoms with Gasteiger partial charge in [-0.05, 0) is 54.9 Å². The standard InChI is InChI=1S/C48H60ClN9O10/c1-6-14-29-21-37-44(61)50-24-34(52-45(62)35-19-20-38(49)57(35)66)43(60)55-40(27(4)30-15-10-8-11-16-30)46(63)51-33(22-32-23-36(32)58(67)68)42(59)54-41(28(5)31-17-12-9-13-18-31)47(64)53-39(26(3)7-2)48(65)56(37)25-29/h6,8-20,26-29,32-34,36-37,39-41,66H,7,21-25H2,1-5H3,(H,50,61)(H,51,63)(H,52,62)(H,53,64)(H,54,59)(H,55,60)/b14-6-/t26-,27+,28+,29-,32-,33+,34+,36-,37-,39-,40-,41-/m0/s1. The number of nitrogens with zero attached hydrogens (tertiary/aromatic N) is 3. The highest BCUT2D eigenvalue weighted by Gasteiger charge is 2.51. The summed E-state index contributed by atoms with van der Waals surface area (Å²) in [7, 11) is 0. The maximum atomic E-state index is 14.8. The van der Waals surface area contributed by atoms with Crippen LogP contribution in [0.3, 0.4) is 0 Å². The Kier molecular flexibility index (Phi) is 16.7. The van der Waals surface area contributed by atoms with E-state index in [-0.39, 0.29) is 42.6 Å². The van der Waals surface area contributed by atoms with E-state index < -0.39 is 119 Å². The van der Waals surface area contributed by atoms with Crippen molar-refractivity contribution in [3.63, 3.8) is 0 Å². The first-order valence-electron chi connectivity index (χ1n) is 23.0. The number of nitrogens with one attached hydrogen (secondary N) is 6. The van der Waals surface area contributed by atoms with Crippen LogP contribution in [-0.2, 0) is 28.8 Å². The summed E-state index contributed by atoms with van der Waals surface area (Å²) in [4.78, 5) is 115. The number of carbonyl (C=O) groups excluding carboxylic acids is 7. The van der Waals surface area contributed by atoms with E-state index >= 15 is 0 Å².